The number of benzene rings is 2. The van der Waals surface area contributed by atoms with Crippen molar-refractivity contribution in [1.29, 1.82) is 0 Å². The first kappa shape index (κ1) is 24.4. The molecule has 1 fully saturated rings. The van der Waals surface area contributed by atoms with Gasteiger partial charge in [-0.25, -0.2) is 4.79 Å². The predicted octanol–water partition coefficient (Wildman–Crippen LogP) is 4.92. The summed E-state index contributed by atoms with van der Waals surface area (Å²) in [6.07, 6.45) is 2.52. The lowest BCUT2D eigenvalue weighted by Crippen LogP contribution is -2.51. The fourth-order valence-electron chi connectivity index (χ4n) is 5.03. The van der Waals surface area contributed by atoms with Crippen LogP contribution >= 0.6 is 0 Å². The molecule has 0 aromatic heterocycles. The van der Waals surface area contributed by atoms with Crippen LogP contribution in [0.2, 0.25) is 0 Å². The van der Waals surface area contributed by atoms with Gasteiger partial charge in [-0.1, -0.05) is 18.2 Å². The number of quaternary nitrogens is 1. The number of piperidine rings is 1. The van der Waals surface area contributed by atoms with E-state index in [2.05, 4.69) is 5.32 Å². The van der Waals surface area contributed by atoms with Crippen LogP contribution in [0.4, 0.5) is 16.2 Å². The van der Waals surface area contributed by atoms with E-state index in [1.54, 1.807) is 12.0 Å². The molecule has 2 unspecified atom stereocenters. The maximum absolute atomic E-state index is 13.6. The van der Waals surface area contributed by atoms with Crippen LogP contribution in [-0.2, 0) is 20.8 Å². The summed E-state index contributed by atoms with van der Waals surface area (Å²) in [4.78, 5) is 27.6. The molecule has 2 aromatic rings. The van der Waals surface area contributed by atoms with Gasteiger partial charge in [0.2, 0.25) is 5.91 Å². The first-order valence-corrected chi connectivity index (χ1v) is 12.1. The third-order valence-electron chi connectivity index (χ3n) is 6.53. The number of amides is 2. The lowest BCUT2D eigenvalue weighted by molar-refractivity contribution is -0.122. The Kier molecular flexibility index (Phi) is 6.85. The topological polar surface area (TPSA) is 90.9 Å². The average molecular weight is 470 g/mol. The molecule has 2 aliphatic heterocycles. The highest BCUT2D eigenvalue weighted by Gasteiger charge is 2.36. The van der Waals surface area contributed by atoms with Crippen molar-refractivity contribution < 1.29 is 19.1 Å². The maximum Gasteiger partial charge on any atom is 0.410 e. The Morgan fingerprint density at radius 1 is 1.21 bits per heavy atom. The predicted molar refractivity (Wildman–Crippen MR) is 133 cm³/mol. The second-order valence-corrected chi connectivity index (χ2v) is 10.3. The van der Waals surface area contributed by atoms with Gasteiger partial charge in [-0.05, 0) is 46.1 Å². The monoisotopic (exact) mass is 469 g/mol. The first-order valence-electron chi connectivity index (χ1n) is 12.1. The third kappa shape index (κ3) is 4.89. The van der Waals surface area contributed by atoms with E-state index in [-0.39, 0.29) is 5.91 Å². The summed E-state index contributed by atoms with van der Waals surface area (Å²) >= 11 is 0. The minimum absolute atomic E-state index is 0.229. The van der Waals surface area contributed by atoms with Crippen LogP contribution in [-0.4, -0.2) is 55.3 Å². The molecule has 0 spiro atoms. The van der Waals surface area contributed by atoms with Crippen molar-refractivity contribution in [3.05, 3.63) is 41.1 Å². The molecule has 1 saturated heterocycles. The van der Waals surface area contributed by atoms with Crippen LogP contribution in [0.25, 0.3) is 10.8 Å². The molecule has 2 heterocycles. The zero-order chi connectivity index (χ0) is 24.5. The standard InChI is InChI=1S/C26H35N3O5/c1-26(2,3)34-25(31)28-14-6-5-11-21(28)24(30)27-20-12-13-22-23-18(9-7-10-19(20)23)17-29(22,32)15-8-16-33-4/h7,9-10,12-13,21H,5-6,8,11,14-17H2,1-4H3,(H,27,30). The molecule has 0 bridgehead atoms. The molecule has 4 rings (SSSR count). The van der Waals surface area contributed by atoms with E-state index in [0.29, 0.717) is 44.8 Å². The summed E-state index contributed by atoms with van der Waals surface area (Å²) < 4.78 is 10.3. The van der Waals surface area contributed by atoms with Crippen molar-refractivity contribution in [1.82, 2.24) is 9.55 Å². The number of anilines is 1. The molecule has 2 amide bonds. The number of methoxy groups -OCH3 is 1. The van der Waals surface area contributed by atoms with Gasteiger partial charge in [0.1, 0.15) is 23.9 Å². The summed E-state index contributed by atoms with van der Waals surface area (Å²) in [6, 6.07) is 8.91. The van der Waals surface area contributed by atoms with Gasteiger partial charge in [-0.15, -0.1) is 0 Å². The number of ether oxygens (including phenoxy) is 2. The van der Waals surface area contributed by atoms with Crippen molar-refractivity contribution in [3.8, 4) is 0 Å². The van der Waals surface area contributed by atoms with Gasteiger partial charge in [0, 0.05) is 42.8 Å². The fraction of sp³-hybridized carbons (Fsp3) is 0.538. The lowest BCUT2D eigenvalue weighted by atomic mass is 10.0. The van der Waals surface area contributed by atoms with E-state index < -0.39 is 22.4 Å². The summed E-state index contributed by atoms with van der Waals surface area (Å²) in [6.45, 7) is 7.32. The highest BCUT2D eigenvalue weighted by Crippen LogP contribution is 2.44. The fourth-order valence-corrected chi connectivity index (χ4v) is 5.03. The normalized spacial score (nSPS) is 22.1. The Morgan fingerprint density at radius 3 is 2.74 bits per heavy atom. The largest absolute Gasteiger partial charge is 0.627 e. The number of hydrogen-bond acceptors (Lipinski definition) is 5. The second kappa shape index (κ2) is 9.52. The van der Waals surface area contributed by atoms with Crippen molar-refractivity contribution in [2.75, 3.05) is 32.1 Å². The number of nitrogens with zero attached hydrogens (tertiary/aromatic N) is 2. The minimum atomic E-state index is -0.625. The zero-order valence-corrected chi connectivity index (χ0v) is 20.6. The molecule has 0 aliphatic carbocycles. The first-order chi connectivity index (χ1) is 16.1. The molecule has 34 heavy (non-hydrogen) atoms. The van der Waals surface area contributed by atoms with Crippen LogP contribution in [0.5, 0.6) is 0 Å². The lowest BCUT2D eigenvalue weighted by Gasteiger charge is -2.39. The van der Waals surface area contributed by atoms with Crippen LogP contribution in [0.1, 0.15) is 52.0 Å². The summed E-state index contributed by atoms with van der Waals surface area (Å²) in [5, 5.41) is 18.4. The summed E-state index contributed by atoms with van der Waals surface area (Å²) in [5.41, 5.74) is 1.75. The number of carbonyl (C=O) groups excluding carboxylic acids is 2. The molecule has 8 nitrogen and oxygen atoms in total. The Bertz CT molecular complexity index is 1080. The van der Waals surface area contributed by atoms with Crippen LogP contribution in [0, 0.1) is 5.21 Å². The molecule has 2 aromatic carbocycles. The van der Waals surface area contributed by atoms with E-state index in [9.17, 15) is 14.8 Å². The number of carbonyl (C=O) groups is 2. The molecular formula is C26H35N3O5. The van der Waals surface area contributed by atoms with Crippen molar-refractivity contribution in [3.63, 3.8) is 0 Å². The van der Waals surface area contributed by atoms with Crippen molar-refractivity contribution >= 4 is 34.1 Å². The van der Waals surface area contributed by atoms with Gasteiger partial charge in [-0.3, -0.25) is 9.69 Å². The van der Waals surface area contributed by atoms with Crippen LogP contribution in [0.3, 0.4) is 0 Å². The van der Waals surface area contributed by atoms with E-state index >= 15 is 0 Å². The van der Waals surface area contributed by atoms with Gasteiger partial charge in [0.25, 0.3) is 0 Å². The van der Waals surface area contributed by atoms with E-state index in [1.165, 1.54) is 0 Å². The number of rotatable bonds is 6. The van der Waals surface area contributed by atoms with Crippen LogP contribution < -0.4 is 9.96 Å². The second-order valence-electron chi connectivity index (χ2n) is 10.3. The molecule has 2 aliphatic rings. The molecule has 184 valence electrons. The molecule has 2 atom stereocenters. The maximum atomic E-state index is 13.6. The SMILES string of the molecule is COCCC[N+]1([O-])Cc2cccc3c(NC(=O)C4CCCCN4C(=O)OC(C)(C)C)ccc1c23. The summed E-state index contributed by atoms with van der Waals surface area (Å²) in [5.74, 6) is -0.229. The Balaban J connectivity index is 1.58. The van der Waals surface area contributed by atoms with Crippen molar-refractivity contribution in [2.24, 2.45) is 0 Å². The zero-order valence-electron chi connectivity index (χ0n) is 20.6. The van der Waals surface area contributed by atoms with Crippen LogP contribution in [0.15, 0.2) is 30.3 Å². The Labute approximate surface area is 201 Å². The quantitative estimate of drug-likeness (QED) is 0.368. The van der Waals surface area contributed by atoms with Gasteiger partial charge < -0.3 is 24.6 Å². The van der Waals surface area contributed by atoms with Gasteiger partial charge in [0.05, 0.1) is 18.5 Å². The van der Waals surface area contributed by atoms with Gasteiger partial charge in [-0.2, -0.15) is 0 Å². The minimum Gasteiger partial charge on any atom is -0.627 e. The Hall–Kier alpha value is -2.68. The van der Waals surface area contributed by atoms with E-state index in [0.717, 1.165) is 34.9 Å². The summed E-state index contributed by atoms with van der Waals surface area (Å²) in [7, 11) is 1.64. The number of likely N-dealkylation sites (tertiary alicyclic amines) is 1. The molecule has 0 saturated carbocycles. The van der Waals surface area contributed by atoms with E-state index in [4.69, 9.17) is 9.47 Å². The number of nitrogens with one attached hydrogen (secondary N) is 1. The number of hydrogen-bond donors (Lipinski definition) is 1. The average Bonchev–Trinajstić information content (AvgIpc) is 3.07. The van der Waals surface area contributed by atoms with Crippen molar-refractivity contribution in [2.45, 2.75) is 64.6 Å². The van der Waals surface area contributed by atoms with E-state index in [1.807, 2.05) is 51.1 Å². The molecular weight excluding hydrogens is 434 g/mol. The highest BCUT2D eigenvalue weighted by atomic mass is 16.6. The third-order valence-corrected chi connectivity index (χ3v) is 6.53. The Morgan fingerprint density at radius 2 is 2.00 bits per heavy atom. The van der Waals surface area contributed by atoms with Gasteiger partial charge >= 0.3 is 6.09 Å². The molecule has 8 heteroatoms. The molecule has 0 radical (unpaired) electrons. The molecule has 1 N–H and O–H groups in total. The van der Waals surface area contributed by atoms with Gasteiger partial charge in [0.15, 0.2) is 0 Å². The highest BCUT2D eigenvalue weighted by molar-refractivity contribution is 6.10. The smallest absolute Gasteiger partial charge is 0.410 e. The number of hydroxylamine groups is 2.